The van der Waals surface area contributed by atoms with Crippen LogP contribution in [0.5, 0.6) is 5.75 Å². The molecule has 1 aliphatic heterocycles. The predicted molar refractivity (Wildman–Crippen MR) is 70.4 cm³/mol. The molecule has 6 heteroatoms. The molecule has 104 valence electrons. The fraction of sp³-hybridized carbons (Fsp3) is 0.462. The molecular weight excluding hydrogens is 270 g/mol. The minimum absolute atomic E-state index is 0.0676. The van der Waals surface area contributed by atoms with Crippen molar-refractivity contribution in [3.8, 4) is 5.75 Å². The summed E-state index contributed by atoms with van der Waals surface area (Å²) >= 11 is 5.94. The molecule has 1 aliphatic rings. The number of halogens is 1. The van der Waals surface area contributed by atoms with E-state index in [1.807, 2.05) is 0 Å². The van der Waals surface area contributed by atoms with E-state index in [9.17, 15) is 4.79 Å². The van der Waals surface area contributed by atoms with E-state index >= 15 is 0 Å². The second kappa shape index (κ2) is 6.75. The van der Waals surface area contributed by atoms with Gasteiger partial charge in [-0.05, 0) is 12.1 Å². The number of ether oxygens (including phenoxy) is 2. The monoisotopic (exact) mass is 285 g/mol. The molecule has 1 saturated heterocycles. The molecule has 1 atom stereocenters. The third-order valence-electron chi connectivity index (χ3n) is 2.88. The molecule has 19 heavy (non-hydrogen) atoms. The summed E-state index contributed by atoms with van der Waals surface area (Å²) in [6, 6.07) is 7.01. The first-order valence-electron chi connectivity index (χ1n) is 6.08. The van der Waals surface area contributed by atoms with Crippen LogP contribution in [-0.4, -0.2) is 54.9 Å². The van der Waals surface area contributed by atoms with Gasteiger partial charge in [-0.15, -0.1) is 0 Å². The molecule has 0 radical (unpaired) electrons. The van der Waals surface area contributed by atoms with Crippen LogP contribution in [0.1, 0.15) is 0 Å². The largest absolute Gasteiger partial charge is 0.482 e. The molecule has 1 unspecified atom stereocenters. The minimum atomic E-state index is -0.307. The highest BCUT2D eigenvalue weighted by molar-refractivity contribution is 6.32. The van der Waals surface area contributed by atoms with Crippen LogP contribution in [0.4, 0.5) is 0 Å². The number of morpholine rings is 1. The van der Waals surface area contributed by atoms with Gasteiger partial charge in [-0.3, -0.25) is 4.79 Å². The minimum Gasteiger partial charge on any atom is -0.482 e. The van der Waals surface area contributed by atoms with Crippen molar-refractivity contribution in [2.24, 2.45) is 0 Å². The van der Waals surface area contributed by atoms with Crippen molar-refractivity contribution in [3.05, 3.63) is 29.3 Å². The zero-order chi connectivity index (χ0) is 13.7. The number of hydrogen-bond donors (Lipinski definition) is 1. The Kier molecular flexibility index (Phi) is 5.01. The first-order valence-corrected chi connectivity index (χ1v) is 6.46. The maximum atomic E-state index is 12.0. The Hall–Kier alpha value is -1.30. The van der Waals surface area contributed by atoms with Crippen LogP contribution >= 0.6 is 11.6 Å². The van der Waals surface area contributed by atoms with E-state index in [2.05, 4.69) is 0 Å². The molecule has 0 bridgehead atoms. The molecule has 0 spiro atoms. The highest BCUT2D eigenvalue weighted by Crippen LogP contribution is 2.23. The van der Waals surface area contributed by atoms with Gasteiger partial charge in [0.05, 0.1) is 24.3 Å². The lowest BCUT2D eigenvalue weighted by molar-refractivity contribution is -0.142. The number of amides is 1. The van der Waals surface area contributed by atoms with Gasteiger partial charge in [-0.2, -0.15) is 0 Å². The summed E-state index contributed by atoms with van der Waals surface area (Å²) in [4.78, 5) is 13.6. The van der Waals surface area contributed by atoms with Crippen molar-refractivity contribution in [1.82, 2.24) is 4.90 Å². The molecule has 2 rings (SSSR count). The van der Waals surface area contributed by atoms with Crippen LogP contribution < -0.4 is 4.74 Å². The van der Waals surface area contributed by atoms with Crippen molar-refractivity contribution >= 4 is 17.5 Å². The number of aliphatic hydroxyl groups excluding tert-OH is 1. The summed E-state index contributed by atoms with van der Waals surface area (Å²) in [6.07, 6.45) is -0.307. The summed E-state index contributed by atoms with van der Waals surface area (Å²) in [5.41, 5.74) is 0. The normalized spacial score (nSPS) is 19.3. The number of hydrogen-bond acceptors (Lipinski definition) is 4. The zero-order valence-electron chi connectivity index (χ0n) is 10.4. The van der Waals surface area contributed by atoms with Crippen molar-refractivity contribution in [2.75, 3.05) is 32.9 Å². The average Bonchev–Trinajstić information content (AvgIpc) is 2.46. The van der Waals surface area contributed by atoms with Crippen molar-refractivity contribution < 1.29 is 19.4 Å². The summed E-state index contributed by atoms with van der Waals surface area (Å²) in [7, 11) is 0. The molecule has 0 aromatic heterocycles. The van der Waals surface area contributed by atoms with E-state index in [1.165, 1.54) is 0 Å². The second-order valence-electron chi connectivity index (χ2n) is 4.23. The number of carbonyl (C=O) groups excluding carboxylic acids is 1. The van der Waals surface area contributed by atoms with Gasteiger partial charge in [0.2, 0.25) is 0 Å². The Bertz CT molecular complexity index is 440. The fourth-order valence-corrected chi connectivity index (χ4v) is 2.04. The quantitative estimate of drug-likeness (QED) is 0.894. The van der Waals surface area contributed by atoms with Crippen LogP contribution in [0.25, 0.3) is 0 Å². The first-order chi connectivity index (χ1) is 9.20. The Morgan fingerprint density at radius 2 is 2.32 bits per heavy atom. The Labute approximate surface area is 116 Å². The fourth-order valence-electron chi connectivity index (χ4n) is 1.85. The third-order valence-corrected chi connectivity index (χ3v) is 3.20. The molecule has 0 saturated carbocycles. The van der Waals surface area contributed by atoms with Gasteiger partial charge in [0.25, 0.3) is 5.91 Å². The summed E-state index contributed by atoms with van der Waals surface area (Å²) < 4.78 is 10.7. The molecular formula is C13H16ClNO4. The SMILES string of the molecule is O=C(COc1ccccc1Cl)N1CCOC(CO)C1. The molecule has 0 aliphatic carbocycles. The van der Waals surface area contributed by atoms with Crippen molar-refractivity contribution in [1.29, 1.82) is 0 Å². The van der Waals surface area contributed by atoms with Gasteiger partial charge < -0.3 is 19.5 Å². The van der Waals surface area contributed by atoms with E-state index < -0.39 is 0 Å². The highest BCUT2D eigenvalue weighted by atomic mass is 35.5. The molecule has 1 heterocycles. The van der Waals surface area contributed by atoms with E-state index in [1.54, 1.807) is 29.2 Å². The maximum absolute atomic E-state index is 12.0. The van der Waals surface area contributed by atoms with Crippen LogP contribution in [0, 0.1) is 0 Å². The number of rotatable bonds is 4. The van der Waals surface area contributed by atoms with E-state index in [0.717, 1.165) is 0 Å². The molecule has 1 aromatic carbocycles. The van der Waals surface area contributed by atoms with Crippen LogP contribution in [0.15, 0.2) is 24.3 Å². The van der Waals surface area contributed by atoms with Crippen molar-refractivity contribution in [3.63, 3.8) is 0 Å². The Balaban J connectivity index is 1.86. The number of para-hydroxylation sites is 1. The first kappa shape index (κ1) is 14.1. The van der Waals surface area contributed by atoms with E-state index in [0.29, 0.717) is 30.5 Å². The zero-order valence-corrected chi connectivity index (χ0v) is 11.2. The number of aliphatic hydroxyl groups is 1. The van der Waals surface area contributed by atoms with E-state index in [4.69, 9.17) is 26.2 Å². The van der Waals surface area contributed by atoms with Gasteiger partial charge in [-0.1, -0.05) is 23.7 Å². The number of benzene rings is 1. The highest BCUT2D eigenvalue weighted by Gasteiger charge is 2.23. The van der Waals surface area contributed by atoms with Crippen LogP contribution in [-0.2, 0) is 9.53 Å². The smallest absolute Gasteiger partial charge is 0.260 e. The van der Waals surface area contributed by atoms with Crippen LogP contribution in [0.3, 0.4) is 0 Å². The standard InChI is InChI=1S/C13H16ClNO4/c14-11-3-1-2-4-12(11)19-9-13(17)15-5-6-18-10(7-15)8-16/h1-4,10,16H,5-9H2. The summed E-state index contributed by atoms with van der Waals surface area (Å²) in [5.74, 6) is 0.353. The lowest BCUT2D eigenvalue weighted by Crippen LogP contribution is -2.48. The molecule has 1 aromatic rings. The summed E-state index contributed by atoms with van der Waals surface area (Å²) in [6.45, 7) is 1.18. The van der Waals surface area contributed by atoms with Gasteiger partial charge in [-0.25, -0.2) is 0 Å². The lowest BCUT2D eigenvalue weighted by atomic mass is 10.3. The topological polar surface area (TPSA) is 59.0 Å². The predicted octanol–water partition coefficient (Wildman–Crippen LogP) is 0.938. The maximum Gasteiger partial charge on any atom is 0.260 e. The van der Waals surface area contributed by atoms with Gasteiger partial charge >= 0.3 is 0 Å². The third kappa shape index (κ3) is 3.83. The molecule has 5 nitrogen and oxygen atoms in total. The molecule has 1 N–H and O–H groups in total. The molecule has 1 fully saturated rings. The van der Waals surface area contributed by atoms with Crippen molar-refractivity contribution in [2.45, 2.75) is 6.10 Å². The average molecular weight is 286 g/mol. The molecule has 1 amide bonds. The van der Waals surface area contributed by atoms with Gasteiger partial charge in [0, 0.05) is 13.1 Å². The van der Waals surface area contributed by atoms with Crippen LogP contribution in [0.2, 0.25) is 5.02 Å². The Morgan fingerprint density at radius 3 is 3.05 bits per heavy atom. The van der Waals surface area contributed by atoms with E-state index in [-0.39, 0.29) is 25.2 Å². The lowest BCUT2D eigenvalue weighted by Gasteiger charge is -2.31. The second-order valence-corrected chi connectivity index (χ2v) is 4.64. The summed E-state index contributed by atoms with van der Waals surface area (Å²) in [5, 5.41) is 9.50. The number of nitrogens with zero attached hydrogens (tertiary/aromatic N) is 1. The van der Waals surface area contributed by atoms with Gasteiger partial charge in [0.15, 0.2) is 6.61 Å². The Morgan fingerprint density at radius 1 is 1.53 bits per heavy atom. The number of carbonyl (C=O) groups is 1. The van der Waals surface area contributed by atoms with Gasteiger partial charge in [0.1, 0.15) is 5.75 Å².